The normalized spacial score (nSPS) is 13.2. The van der Waals surface area contributed by atoms with Gasteiger partial charge >= 0.3 is 5.97 Å². The van der Waals surface area contributed by atoms with Crippen LogP contribution in [0.15, 0.2) is 23.2 Å². The minimum atomic E-state index is -0.336. The highest BCUT2D eigenvalue weighted by Gasteiger charge is 2.20. The third-order valence-corrected chi connectivity index (χ3v) is 5.64. The summed E-state index contributed by atoms with van der Waals surface area (Å²) in [5.74, 6) is 2.43. The molecule has 0 radical (unpaired) electrons. The maximum atomic E-state index is 12.0. The number of aliphatic imine (C=N–C) groups is 1. The van der Waals surface area contributed by atoms with Crippen LogP contribution in [0.2, 0.25) is 0 Å². The highest BCUT2D eigenvalue weighted by molar-refractivity contribution is 14.0. The molecule has 2 heterocycles. The number of hydrogen-bond donors (Lipinski definition) is 2. The van der Waals surface area contributed by atoms with E-state index in [0.717, 1.165) is 10.8 Å². The van der Waals surface area contributed by atoms with Crippen LogP contribution >= 0.6 is 35.3 Å². The summed E-state index contributed by atoms with van der Waals surface area (Å²) in [6.45, 7) is 9.73. The Labute approximate surface area is 208 Å². The number of benzene rings is 1. The van der Waals surface area contributed by atoms with E-state index in [0.29, 0.717) is 54.3 Å². The maximum Gasteiger partial charge on any atom is 0.350 e. The van der Waals surface area contributed by atoms with Crippen LogP contribution in [0, 0.1) is 6.92 Å². The molecule has 1 unspecified atom stereocenters. The highest BCUT2D eigenvalue weighted by Crippen LogP contribution is 2.35. The predicted octanol–water partition coefficient (Wildman–Crippen LogP) is 3.67. The van der Waals surface area contributed by atoms with Crippen molar-refractivity contribution in [2.75, 3.05) is 33.1 Å². The predicted molar refractivity (Wildman–Crippen MR) is 134 cm³/mol. The molecule has 11 heteroatoms. The summed E-state index contributed by atoms with van der Waals surface area (Å²) in [4.78, 5) is 21.7. The van der Waals surface area contributed by atoms with E-state index < -0.39 is 0 Å². The molecule has 176 valence electrons. The number of carbonyl (C=O) groups excluding carboxylic acids is 1. The molecule has 0 saturated carbocycles. The molecule has 0 fully saturated rings. The second-order valence-electron chi connectivity index (χ2n) is 6.68. The Morgan fingerprint density at radius 2 is 2.09 bits per heavy atom. The first-order valence-corrected chi connectivity index (χ1v) is 11.0. The summed E-state index contributed by atoms with van der Waals surface area (Å²) in [6.07, 6.45) is 0. The van der Waals surface area contributed by atoms with Crippen molar-refractivity contribution in [1.29, 1.82) is 0 Å². The number of hydrogen-bond acceptors (Lipinski definition) is 8. The van der Waals surface area contributed by atoms with Crippen molar-refractivity contribution < 1.29 is 23.7 Å². The molecule has 1 atom stereocenters. The molecule has 0 aliphatic carbocycles. The Bertz CT molecular complexity index is 937. The van der Waals surface area contributed by atoms with E-state index in [2.05, 4.69) is 20.6 Å². The Kier molecular flexibility index (Phi) is 10.3. The van der Waals surface area contributed by atoms with E-state index in [-0.39, 0.29) is 42.8 Å². The number of halogens is 1. The topological polar surface area (TPSA) is 103 Å². The van der Waals surface area contributed by atoms with Crippen LogP contribution in [-0.2, 0) is 4.74 Å². The zero-order valence-corrected chi connectivity index (χ0v) is 21.7. The number of ether oxygens (including phenoxy) is 4. The number of aryl methyl sites for hydroxylation is 1. The van der Waals surface area contributed by atoms with E-state index in [1.54, 1.807) is 6.92 Å². The highest BCUT2D eigenvalue weighted by atomic mass is 127. The number of nitrogens with zero attached hydrogens (tertiary/aromatic N) is 2. The van der Waals surface area contributed by atoms with Gasteiger partial charge in [0.05, 0.1) is 24.9 Å². The average molecular weight is 576 g/mol. The summed E-state index contributed by atoms with van der Waals surface area (Å²) in [5, 5.41) is 7.33. The van der Waals surface area contributed by atoms with Crippen LogP contribution in [0.1, 0.15) is 47.2 Å². The molecule has 0 spiro atoms. The molecule has 32 heavy (non-hydrogen) atoms. The molecule has 2 N–H and O–H groups in total. The number of nitrogens with one attached hydrogen (secondary N) is 2. The lowest BCUT2D eigenvalue weighted by Crippen LogP contribution is -2.39. The molecule has 3 rings (SSSR count). The van der Waals surface area contributed by atoms with Gasteiger partial charge in [-0.1, -0.05) is 0 Å². The number of carbonyl (C=O) groups is 1. The average Bonchev–Trinajstić information content (AvgIpc) is 3.37. The molecule has 0 saturated heterocycles. The number of aromatic nitrogens is 1. The van der Waals surface area contributed by atoms with E-state index in [9.17, 15) is 4.79 Å². The molecule has 2 aromatic rings. The minimum Gasteiger partial charge on any atom is -0.492 e. The molecule has 0 bridgehead atoms. The van der Waals surface area contributed by atoms with Crippen LogP contribution < -0.4 is 24.8 Å². The fourth-order valence-corrected chi connectivity index (χ4v) is 3.83. The van der Waals surface area contributed by atoms with Gasteiger partial charge < -0.3 is 29.6 Å². The third-order valence-electron chi connectivity index (χ3n) is 4.32. The van der Waals surface area contributed by atoms with Gasteiger partial charge in [0.25, 0.3) is 0 Å². The fourth-order valence-electron chi connectivity index (χ4n) is 2.86. The molecule has 1 aromatic carbocycles. The van der Waals surface area contributed by atoms with Gasteiger partial charge in [-0.3, -0.25) is 0 Å². The first-order valence-electron chi connectivity index (χ1n) is 10.2. The Morgan fingerprint density at radius 1 is 1.31 bits per heavy atom. The quantitative estimate of drug-likeness (QED) is 0.153. The lowest BCUT2D eigenvalue weighted by atomic mass is 10.3. The van der Waals surface area contributed by atoms with Gasteiger partial charge in [0.15, 0.2) is 17.5 Å². The summed E-state index contributed by atoms with van der Waals surface area (Å²) in [5.41, 5.74) is 0.672. The molecule has 1 aliphatic heterocycles. The summed E-state index contributed by atoms with van der Waals surface area (Å²) in [7, 11) is 0. The van der Waals surface area contributed by atoms with Crippen LogP contribution in [0.5, 0.6) is 17.2 Å². The molecular formula is C21H29IN4O5S. The van der Waals surface area contributed by atoms with Gasteiger partial charge in [0.1, 0.15) is 22.2 Å². The van der Waals surface area contributed by atoms with Crippen molar-refractivity contribution >= 4 is 47.2 Å². The van der Waals surface area contributed by atoms with Crippen LogP contribution in [0.3, 0.4) is 0 Å². The Balaban J connectivity index is 0.00000363. The Hall–Kier alpha value is -2.28. The molecular weight excluding hydrogens is 547 g/mol. The van der Waals surface area contributed by atoms with Gasteiger partial charge in [-0.25, -0.2) is 14.8 Å². The van der Waals surface area contributed by atoms with Gasteiger partial charge in [-0.05, 0) is 39.8 Å². The number of esters is 1. The zero-order chi connectivity index (χ0) is 22.2. The van der Waals surface area contributed by atoms with Crippen molar-refractivity contribution in [1.82, 2.24) is 15.6 Å². The minimum absolute atomic E-state index is 0. The number of rotatable bonds is 9. The first kappa shape index (κ1) is 26.0. The molecule has 1 aromatic heterocycles. The molecule has 1 aliphatic rings. The van der Waals surface area contributed by atoms with Crippen LogP contribution in [0.4, 0.5) is 0 Å². The summed E-state index contributed by atoms with van der Waals surface area (Å²) >= 11 is 1.33. The lowest BCUT2D eigenvalue weighted by molar-refractivity contribution is 0.0531. The maximum absolute atomic E-state index is 12.0. The second-order valence-corrected chi connectivity index (χ2v) is 7.71. The van der Waals surface area contributed by atoms with Gasteiger partial charge in [-0.2, -0.15) is 0 Å². The van der Waals surface area contributed by atoms with Crippen molar-refractivity contribution in [3.8, 4) is 17.2 Å². The largest absolute Gasteiger partial charge is 0.492 e. The van der Waals surface area contributed by atoms with Crippen molar-refractivity contribution in [3.05, 3.63) is 33.8 Å². The van der Waals surface area contributed by atoms with Gasteiger partial charge in [-0.15, -0.1) is 35.3 Å². The standard InChI is InChI=1S/C21H28N4O5S.HI/c1-5-22-21(23-9-10-28-15-7-8-16-17(11-15)30-12-29-16)25-14(4)19-24-13(3)18(31-19)20(26)27-6-2;/h7-8,11,14H,5-6,9-10,12H2,1-4H3,(H2,22,23,25);1H. The van der Waals surface area contributed by atoms with Gasteiger partial charge in [0.2, 0.25) is 6.79 Å². The van der Waals surface area contributed by atoms with E-state index in [1.165, 1.54) is 11.3 Å². The first-order chi connectivity index (χ1) is 15.0. The van der Waals surface area contributed by atoms with Crippen LogP contribution in [-0.4, -0.2) is 50.0 Å². The van der Waals surface area contributed by atoms with Crippen molar-refractivity contribution in [2.45, 2.75) is 33.7 Å². The zero-order valence-electron chi connectivity index (χ0n) is 18.6. The smallest absolute Gasteiger partial charge is 0.350 e. The SMILES string of the molecule is CCNC(=NCCOc1ccc2c(c1)OCO2)NC(C)c1nc(C)c(C(=O)OCC)s1.I. The van der Waals surface area contributed by atoms with E-state index >= 15 is 0 Å². The van der Waals surface area contributed by atoms with Gasteiger partial charge in [0, 0.05) is 12.6 Å². The monoisotopic (exact) mass is 576 g/mol. The third kappa shape index (κ3) is 6.86. The summed E-state index contributed by atoms with van der Waals surface area (Å²) < 4.78 is 21.5. The number of thiazole rings is 1. The number of guanidine groups is 1. The fraction of sp³-hybridized carbons (Fsp3) is 0.476. The molecule has 9 nitrogen and oxygen atoms in total. The second kappa shape index (κ2) is 12.7. The van der Waals surface area contributed by atoms with Crippen molar-refractivity contribution in [2.24, 2.45) is 4.99 Å². The molecule has 0 amide bonds. The van der Waals surface area contributed by atoms with E-state index in [1.807, 2.05) is 39.0 Å². The number of fused-ring (bicyclic) bond motifs is 1. The Morgan fingerprint density at radius 3 is 2.84 bits per heavy atom. The summed E-state index contributed by atoms with van der Waals surface area (Å²) in [6, 6.07) is 5.35. The van der Waals surface area contributed by atoms with E-state index in [4.69, 9.17) is 18.9 Å². The van der Waals surface area contributed by atoms with Crippen LogP contribution in [0.25, 0.3) is 0 Å². The lowest BCUT2D eigenvalue weighted by Gasteiger charge is -2.16. The van der Waals surface area contributed by atoms with Crippen molar-refractivity contribution in [3.63, 3.8) is 0 Å².